The number of amides is 2. The summed E-state index contributed by atoms with van der Waals surface area (Å²) >= 11 is 1.09. The van der Waals surface area contributed by atoms with E-state index < -0.39 is 41.4 Å². The van der Waals surface area contributed by atoms with E-state index in [0.717, 1.165) is 16.3 Å². The number of thiazole rings is 1. The molecule has 1 aromatic heterocycles. The third-order valence-corrected chi connectivity index (χ3v) is 5.52. The molecule has 5 N–H and O–H groups in total. The Balaban J connectivity index is 1.84. The van der Waals surface area contributed by atoms with Crippen LogP contribution in [0, 0.1) is 5.92 Å². The molecule has 0 saturated carbocycles. The van der Waals surface area contributed by atoms with Crippen molar-refractivity contribution in [2.24, 2.45) is 11.1 Å². The number of carboxylic acid groups (broad SMARTS) is 2. The first-order chi connectivity index (χ1) is 14.7. The normalized spacial score (nSPS) is 20.1. The predicted molar refractivity (Wildman–Crippen MR) is 107 cm³/mol. The number of carbonyl (C=O) groups is 4. The van der Waals surface area contributed by atoms with Gasteiger partial charge in [-0.1, -0.05) is 12.1 Å². The first-order valence-corrected chi connectivity index (χ1v) is 9.98. The van der Waals surface area contributed by atoms with Crippen molar-refractivity contribution in [1.82, 2.24) is 20.3 Å². The molecule has 1 saturated heterocycles. The van der Waals surface area contributed by atoms with Crippen LogP contribution in [0.5, 0.6) is 0 Å². The maximum absolute atomic E-state index is 12.9. The van der Waals surface area contributed by atoms with Crippen LogP contribution < -0.4 is 11.1 Å². The highest BCUT2D eigenvalue weighted by Gasteiger charge is 2.50. The number of anilines is 1. The molecule has 13 nitrogen and oxygen atoms in total. The quantitative estimate of drug-likeness (QED) is 0.284. The van der Waals surface area contributed by atoms with Crippen LogP contribution in [0.2, 0.25) is 0 Å². The molecule has 3 rings (SSSR count). The second-order valence-electron chi connectivity index (χ2n) is 6.69. The Bertz CT molecular complexity index is 1000. The Morgan fingerprint density at radius 1 is 1.45 bits per heavy atom. The molecule has 1 fully saturated rings. The molecule has 2 amide bonds. The Morgan fingerprint density at radius 3 is 2.68 bits per heavy atom. The second-order valence-corrected chi connectivity index (χ2v) is 7.58. The SMILES string of the molecule is CCC(C(=O)O)C1=C(C(=O)O)N2C(=O)[C@@H](NC(=O)/C(=N\OC)c3csc(N)n3)CN2C1. The predicted octanol–water partition coefficient (Wildman–Crippen LogP) is -0.917. The highest BCUT2D eigenvalue weighted by atomic mass is 32.1. The Labute approximate surface area is 179 Å². The number of hydrogen-bond donors (Lipinski definition) is 4. The molecule has 2 aliphatic heterocycles. The zero-order valence-corrected chi connectivity index (χ0v) is 17.4. The van der Waals surface area contributed by atoms with E-state index in [4.69, 9.17) is 5.73 Å². The molecule has 0 bridgehead atoms. The van der Waals surface area contributed by atoms with Gasteiger partial charge in [0.15, 0.2) is 10.8 Å². The molecular formula is C17H20N6O7S. The molecule has 1 aromatic rings. The molecule has 1 unspecified atom stereocenters. The minimum Gasteiger partial charge on any atom is -0.481 e. The highest BCUT2D eigenvalue weighted by molar-refractivity contribution is 7.13. The summed E-state index contributed by atoms with van der Waals surface area (Å²) in [6.07, 6.45) is 0.172. The first-order valence-electron chi connectivity index (χ1n) is 9.10. The topological polar surface area (TPSA) is 188 Å². The number of hydrazine groups is 1. The van der Waals surface area contributed by atoms with Crippen molar-refractivity contribution in [2.75, 3.05) is 25.9 Å². The molecule has 14 heteroatoms. The van der Waals surface area contributed by atoms with E-state index in [0.29, 0.717) is 0 Å². The molecular weight excluding hydrogens is 432 g/mol. The number of rotatable bonds is 8. The van der Waals surface area contributed by atoms with Crippen LogP contribution in [-0.4, -0.2) is 80.9 Å². The van der Waals surface area contributed by atoms with Crippen LogP contribution in [-0.2, 0) is 24.0 Å². The monoisotopic (exact) mass is 452 g/mol. The summed E-state index contributed by atoms with van der Waals surface area (Å²) in [6.45, 7) is 1.53. The molecule has 0 aromatic carbocycles. The van der Waals surface area contributed by atoms with E-state index in [9.17, 15) is 29.4 Å². The second kappa shape index (κ2) is 8.69. The minimum absolute atomic E-state index is 0.0413. The molecule has 31 heavy (non-hydrogen) atoms. The van der Waals surface area contributed by atoms with Crippen molar-refractivity contribution in [3.05, 3.63) is 22.3 Å². The zero-order valence-electron chi connectivity index (χ0n) is 16.6. The lowest BCUT2D eigenvalue weighted by Gasteiger charge is -2.19. The maximum atomic E-state index is 12.9. The lowest BCUT2D eigenvalue weighted by molar-refractivity contribution is -0.143. The van der Waals surface area contributed by atoms with Gasteiger partial charge in [0.05, 0.1) is 5.92 Å². The van der Waals surface area contributed by atoms with Gasteiger partial charge in [0.1, 0.15) is 24.5 Å². The average Bonchev–Trinajstić information content (AvgIpc) is 3.36. The van der Waals surface area contributed by atoms with Gasteiger partial charge in [0.25, 0.3) is 11.8 Å². The van der Waals surface area contributed by atoms with Crippen molar-refractivity contribution < 1.29 is 34.2 Å². The Morgan fingerprint density at radius 2 is 2.16 bits per heavy atom. The molecule has 2 atom stereocenters. The number of aromatic nitrogens is 1. The lowest BCUT2D eigenvalue weighted by atomic mass is 9.94. The first kappa shape index (κ1) is 22.2. The van der Waals surface area contributed by atoms with E-state index in [-0.39, 0.29) is 41.6 Å². The van der Waals surface area contributed by atoms with E-state index in [1.54, 1.807) is 6.92 Å². The molecule has 0 radical (unpaired) electrons. The van der Waals surface area contributed by atoms with E-state index in [1.807, 2.05) is 0 Å². The molecule has 166 valence electrons. The van der Waals surface area contributed by atoms with Gasteiger partial charge in [-0.05, 0) is 12.0 Å². The van der Waals surface area contributed by atoms with Gasteiger partial charge in [-0.15, -0.1) is 11.3 Å². The fourth-order valence-electron chi connectivity index (χ4n) is 3.55. The number of carbonyl (C=O) groups excluding carboxylic acids is 2. The van der Waals surface area contributed by atoms with Crippen LogP contribution in [0.3, 0.4) is 0 Å². The number of fused-ring (bicyclic) bond motifs is 1. The summed E-state index contributed by atoms with van der Waals surface area (Å²) in [6, 6.07) is -1.08. The van der Waals surface area contributed by atoms with Gasteiger partial charge in [-0.25, -0.2) is 19.8 Å². The summed E-state index contributed by atoms with van der Waals surface area (Å²) in [7, 11) is 1.24. The van der Waals surface area contributed by atoms with Crippen molar-refractivity contribution in [3.63, 3.8) is 0 Å². The number of nitrogens with zero attached hydrogens (tertiary/aromatic N) is 4. The van der Waals surface area contributed by atoms with Crippen molar-refractivity contribution in [1.29, 1.82) is 0 Å². The number of carboxylic acids is 2. The average molecular weight is 452 g/mol. The summed E-state index contributed by atoms with van der Waals surface area (Å²) in [5, 5.41) is 29.2. The molecule has 3 heterocycles. The minimum atomic E-state index is -1.42. The Hall–Kier alpha value is -3.52. The van der Waals surface area contributed by atoms with Crippen molar-refractivity contribution in [3.8, 4) is 0 Å². The number of nitrogens with one attached hydrogen (secondary N) is 1. The lowest BCUT2D eigenvalue weighted by Crippen LogP contribution is -2.46. The summed E-state index contributed by atoms with van der Waals surface area (Å²) in [5.74, 6) is -5.08. The van der Waals surface area contributed by atoms with E-state index >= 15 is 0 Å². The molecule has 0 aliphatic carbocycles. The fraction of sp³-hybridized carbons (Fsp3) is 0.412. The van der Waals surface area contributed by atoms with Crippen molar-refractivity contribution >= 4 is 45.9 Å². The van der Waals surface area contributed by atoms with Gasteiger partial charge in [0.2, 0.25) is 0 Å². The van der Waals surface area contributed by atoms with Crippen LogP contribution in [0.15, 0.2) is 21.8 Å². The number of nitrogen functional groups attached to an aromatic ring is 1. The highest BCUT2D eigenvalue weighted by Crippen LogP contribution is 2.34. The standard InChI is InChI=1S/C17H20N6O7S/c1-3-7(15(26)27)8-4-22-5-9(14(25)23(22)12(8)16(28)29)19-13(24)11(21-30-2)10-6-31-17(18)20-10/h6-7,9H,3-5H2,1-2H3,(H2,18,20)(H,19,24)(H,26,27)(H,28,29)/b21-11-/t7?,9-/m0/s1. The maximum Gasteiger partial charge on any atom is 0.354 e. The van der Waals surface area contributed by atoms with Crippen LogP contribution in [0.25, 0.3) is 0 Å². The van der Waals surface area contributed by atoms with Crippen molar-refractivity contribution in [2.45, 2.75) is 19.4 Å². The number of aliphatic carboxylic acids is 2. The number of nitrogens with two attached hydrogens (primary N) is 1. The summed E-state index contributed by atoms with van der Waals surface area (Å²) in [4.78, 5) is 57.6. The molecule has 0 spiro atoms. The van der Waals surface area contributed by atoms with Crippen LogP contribution in [0.4, 0.5) is 5.13 Å². The van der Waals surface area contributed by atoms with Gasteiger partial charge >= 0.3 is 11.9 Å². The third kappa shape index (κ3) is 4.06. The number of oxime groups is 1. The van der Waals surface area contributed by atoms with Crippen LogP contribution >= 0.6 is 11.3 Å². The van der Waals surface area contributed by atoms with Gasteiger partial charge in [0, 0.05) is 18.5 Å². The smallest absolute Gasteiger partial charge is 0.354 e. The van der Waals surface area contributed by atoms with E-state index in [2.05, 4.69) is 20.3 Å². The van der Waals surface area contributed by atoms with Gasteiger partial charge in [-0.2, -0.15) is 0 Å². The van der Waals surface area contributed by atoms with Crippen LogP contribution in [0.1, 0.15) is 19.0 Å². The van der Waals surface area contributed by atoms with Gasteiger partial charge < -0.3 is 26.1 Å². The zero-order chi connectivity index (χ0) is 22.9. The number of hydrogen-bond acceptors (Lipinski definition) is 10. The summed E-state index contributed by atoms with van der Waals surface area (Å²) in [5.41, 5.74) is 5.29. The van der Waals surface area contributed by atoms with E-state index in [1.165, 1.54) is 17.5 Å². The largest absolute Gasteiger partial charge is 0.481 e. The third-order valence-electron chi connectivity index (χ3n) is 4.85. The fourth-order valence-corrected chi connectivity index (χ4v) is 4.10. The van der Waals surface area contributed by atoms with Gasteiger partial charge in [-0.3, -0.25) is 14.4 Å². The Kier molecular flexibility index (Phi) is 6.21. The summed E-state index contributed by atoms with van der Waals surface area (Å²) < 4.78 is 0. The molecule has 2 aliphatic rings.